The quantitative estimate of drug-likeness (QED) is 0.568. The molecule has 62 valence electrons. The summed E-state index contributed by atoms with van der Waals surface area (Å²) >= 11 is 3.90. The molecule has 0 bridgehead atoms. The summed E-state index contributed by atoms with van der Waals surface area (Å²) in [5.74, 6) is 0. The molecule has 1 aromatic rings. The van der Waals surface area contributed by atoms with Gasteiger partial charge in [0, 0.05) is 4.90 Å². The van der Waals surface area contributed by atoms with Crippen LogP contribution in [0.4, 0.5) is 0 Å². The predicted octanol–water partition coefficient (Wildman–Crippen LogP) is 4.20. The van der Waals surface area contributed by atoms with Gasteiger partial charge in [0.25, 0.3) is 0 Å². The zero-order chi connectivity index (χ0) is 12.1. The second-order valence-corrected chi connectivity index (χ2v) is 3.14. The maximum atomic E-state index is 7.64. The summed E-state index contributed by atoms with van der Waals surface area (Å²) in [4.78, 5) is 0.655. The van der Waals surface area contributed by atoms with Crippen molar-refractivity contribution < 1.29 is 5.48 Å². The highest BCUT2D eigenvalue weighted by atomic mass is 79.9. The van der Waals surface area contributed by atoms with Crippen molar-refractivity contribution in [2.24, 2.45) is 0 Å². The van der Waals surface area contributed by atoms with E-state index < -0.39 is 0 Å². The molecule has 0 radical (unpaired) electrons. The Kier molecular flexibility index (Phi) is 2.69. The Balaban J connectivity index is 2.90. The van der Waals surface area contributed by atoms with Crippen LogP contribution in [0.15, 0.2) is 57.7 Å². The minimum absolute atomic E-state index is 0.0413. The lowest BCUT2D eigenvalue weighted by Crippen LogP contribution is -1.63. The van der Waals surface area contributed by atoms with E-state index in [2.05, 4.69) is 15.9 Å². The topological polar surface area (TPSA) is 0 Å². The van der Waals surface area contributed by atoms with Crippen LogP contribution in [-0.4, -0.2) is 0 Å². The zero-order valence-corrected chi connectivity index (χ0v) is 8.58. The molecular weight excluding hydrogens is 232 g/mol. The van der Waals surface area contributed by atoms with E-state index in [-0.39, 0.29) is 22.4 Å². The average Bonchev–Trinajstić information content (AvgIpc) is 2.28. The smallest absolute Gasteiger partial charge is 0.0703 e. The highest BCUT2D eigenvalue weighted by molar-refractivity contribution is 9.11. The normalized spacial score (nSPS) is 19.4. The number of thioether (sulfide) groups is 1. The van der Waals surface area contributed by atoms with Crippen molar-refractivity contribution in [3.8, 4) is 0 Å². The number of allylic oxidation sites excluding steroid dienone is 2. The second kappa shape index (κ2) is 6.09. The fourth-order valence-corrected chi connectivity index (χ4v) is 1.23. The van der Waals surface area contributed by atoms with Crippen LogP contribution in [0, 0.1) is 0 Å². The van der Waals surface area contributed by atoms with Crippen LogP contribution in [-0.2, 0) is 0 Å². The summed E-state index contributed by atoms with van der Waals surface area (Å²) in [5, 5.41) is -0.0413. The summed E-state index contributed by atoms with van der Waals surface area (Å²) in [6.45, 7) is 0. The van der Waals surface area contributed by atoms with Gasteiger partial charge in [-0.3, -0.25) is 0 Å². The van der Waals surface area contributed by atoms with Crippen LogP contribution in [0.1, 0.15) is 5.48 Å². The number of benzene rings is 1. The first-order valence-electron chi connectivity index (χ1n) is 5.26. The molecule has 0 aliphatic heterocycles. The van der Waals surface area contributed by atoms with E-state index in [1.54, 1.807) is 0 Å². The van der Waals surface area contributed by atoms with E-state index in [4.69, 9.17) is 5.48 Å². The Morgan fingerprint density at radius 3 is 2.67 bits per heavy atom. The van der Waals surface area contributed by atoms with Crippen molar-refractivity contribution in [1.82, 2.24) is 0 Å². The van der Waals surface area contributed by atoms with Gasteiger partial charge in [-0.1, -0.05) is 58.0 Å². The van der Waals surface area contributed by atoms with Gasteiger partial charge in [-0.15, -0.1) is 0 Å². The maximum Gasteiger partial charge on any atom is 0.0703 e. The molecule has 0 saturated heterocycles. The van der Waals surface area contributed by atoms with Gasteiger partial charge in [0.2, 0.25) is 0 Å². The van der Waals surface area contributed by atoms with Crippen LogP contribution >= 0.6 is 27.7 Å². The highest BCUT2D eigenvalue weighted by Gasteiger charge is 1.84. The largest absolute Gasteiger partial charge is 0.0981 e. The number of hydrogen-bond donors (Lipinski definition) is 0. The van der Waals surface area contributed by atoms with Crippen LogP contribution in [0.5, 0.6) is 0 Å². The minimum Gasteiger partial charge on any atom is -0.0981 e. The number of halogens is 1. The third-order valence-corrected chi connectivity index (χ3v) is 1.98. The molecule has 0 aromatic heterocycles. The van der Waals surface area contributed by atoms with E-state index in [1.807, 2.05) is 30.3 Å². The van der Waals surface area contributed by atoms with E-state index in [9.17, 15) is 0 Å². The summed E-state index contributed by atoms with van der Waals surface area (Å²) < 4.78 is 29.7. The maximum absolute atomic E-state index is 7.64. The van der Waals surface area contributed by atoms with E-state index in [1.165, 1.54) is 0 Å². The molecule has 0 N–H and O–H groups in total. The second-order valence-electron chi connectivity index (χ2n) is 1.86. The molecule has 0 aliphatic rings. The molecule has 2 heteroatoms. The third-order valence-electron chi connectivity index (χ3n) is 1.07. The Bertz CT molecular complexity index is 424. The first kappa shape index (κ1) is 5.30. The lowest BCUT2D eigenvalue weighted by atomic mass is 10.4. The van der Waals surface area contributed by atoms with Crippen molar-refractivity contribution in [2.45, 2.75) is 4.90 Å². The van der Waals surface area contributed by atoms with Gasteiger partial charge in [0.15, 0.2) is 0 Å². The molecule has 1 rings (SSSR count). The van der Waals surface area contributed by atoms with E-state index >= 15 is 0 Å². The lowest BCUT2D eigenvalue weighted by Gasteiger charge is -1.91. The molecular formula is C10H9BrS. The van der Waals surface area contributed by atoms with Crippen molar-refractivity contribution in [1.29, 1.82) is 0 Å². The summed E-state index contributed by atoms with van der Waals surface area (Å²) in [6, 6.07) is 8.68. The van der Waals surface area contributed by atoms with Crippen molar-refractivity contribution >= 4 is 27.7 Å². The molecule has 0 atom stereocenters. The SMILES string of the molecule is [2H]/C(Br)=C([2H])\C([2H])=C(/[2H])Sc1ccccc1. The Morgan fingerprint density at radius 2 is 2.00 bits per heavy atom. The van der Waals surface area contributed by atoms with E-state index in [0.717, 1.165) is 16.7 Å². The summed E-state index contributed by atoms with van der Waals surface area (Å²) in [5.41, 5.74) is 0. The summed E-state index contributed by atoms with van der Waals surface area (Å²) in [7, 11) is 0. The van der Waals surface area contributed by atoms with Crippen molar-refractivity contribution in [2.75, 3.05) is 0 Å². The van der Waals surface area contributed by atoms with Crippen molar-refractivity contribution in [3.05, 3.63) is 52.8 Å². The fourth-order valence-electron chi connectivity index (χ4n) is 0.622. The molecule has 0 nitrogen and oxygen atoms in total. The first-order valence-corrected chi connectivity index (χ1v) is 4.87. The zero-order valence-electron chi connectivity index (χ0n) is 10.2. The molecule has 0 amide bonds. The van der Waals surface area contributed by atoms with Crippen LogP contribution in [0.2, 0.25) is 0 Å². The van der Waals surface area contributed by atoms with Gasteiger partial charge in [-0.2, -0.15) is 0 Å². The number of hydrogen-bond acceptors (Lipinski definition) is 1. The molecule has 0 aliphatic carbocycles. The van der Waals surface area contributed by atoms with Gasteiger partial charge >= 0.3 is 0 Å². The first-order chi connectivity index (χ1) is 7.52. The average molecular weight is 245 g/mol. The molecule has 0 heterocycles. The Labute approximate surface area is 91.1 Å². The molecule has 0 unspecified atom stereocenters. The third kappa shape index (κ3) is 3.79. The van der Waals surface area contributed by atoms with Crippen molar-refractivity contribution in [3.63, 3.8) is 0 Å². The van der Waals surface area contributed by atoms with Crippen LogP contribution in [0.3, 0.4) is 0 Å². The van der Waals surface area contributed by atoms with Gasteiger partial charge < -0.3 is 0 Å². The fraction of sp³-hybridized carbons (Fsp3) is 0. The summed E-state index contributed by atoms with van der Waals surface area (Å²) in [6.07, 6.45) is 0. The van der Waals surface area contributed by atoms with Gasteiger partial charge in [-0.25, -0.2) is 0 Å². The van der Waals surface area contributed by atoms with Crippen LogP contribution < -0.4 is 0 Å². The van der Waals surface area contributed by atoms with Gasteiger partial charge in [0.1, 0.15) is 0 Å². The van der Waals surface area contributed by atoms with E-state index in [0.29, 0.717) is 0 Å². The minimum atomic E-state index is -0.284. The predicted molar refractivity (Wildman–Crippen MR) is 59.5 cm³/mol. The molecule has 0 spiro atoms. The highest BCUT2D eigenvalue weighted by Crippen LogP contribution is 2.17. The molecule has 0 saturated carbocycles. The standard InChI is InChI=1S/C10H9BrS/c11-8-4-5-9-12-10-6-2-1-3-7-10/h1-9H/b8-4+,9-5+/i4D,5D,8D,9D. The van der Waals surface area contributed by atoms with Gasteiger partial charge in [-0.05, 0) is 22.5 Å². The monoisotopic (exact) mass is 244 g/mol. The molecule has 12 heavy (non-hydrogen) atoms. The molecule has 0 fully saturated rings. The lowest BCUT2D eigenvalue weighted by molar-refractivity contribution is 1.47. The Hall–Kier alpha value is -0.470. The number of rotatable bonds is 3. The molecule has 1 aromatic carbocycles. The Morgan fingerprint density at radius 1 is 1.25 bits per heavy atom. The van der Waals surface area contributed by atoms with Gasteiger partial charge in [0.05, 0.1) is 5.48 Å². The van der Waals surface area contributed by atoms with Crippen LogP contribution in [0.25, 0.3) is 0 Å².